The van der Waals surface area contributed by atoms with Gasteiger partial charge in [0.25, 0.3) is 0 Å². The predicted octanol–water partition coefficient (Wildman–Crippen LogP) is 2.01. The standard InChI is InChI=1S/C18H25NO3Se/c1-12(2)15-11-22-18(4,5)19(15)17(21)16(13(3)20)23-14-9-7-6-8-10-14/h6-10,12,15-16H,11H2,1-5H3/t15-,16?/m1/s1. The molecular weight excluding hydrogens is 357 g/mol. The zero-order chi connectivity index (χ0) is 17.2. The molecule has 0 radical (unpaired) electrons. The van der Waals surface area contributed by atoms with Gasteiger partial charge in [0, 0.05) is 0 Å². The van der Waals surface area contributed by atoms with Crippen molar-refractivity contribution < 1.29 is 14.3 Å². The van der Waals surface area contributed by atoms with E-state index >= 15 is 0 Å². The molecule has 2 rings (SSSR count). The molecule has 0 N–H and O–H groups in total. The zero-order valence-corrected chi connectivity index (χ0v) is 16.1. The molecule has 1 fully saturated rings. The zero-order valence-electron chi connectivity index (χ0n) is 14.4. The van der Waals surface area contributed by atoms with Gasteiger partial charge in [-0.25, -0.2) is 0 Å². The normalized spacial score (nSPS) is 21.5. The van der Waals surface area contributed by atoms with Crippen LogP contribution in [0.1, 0.15) is 34.6 Å². The van der Waals surface area contributed by atoms with Gasteiger partial charge in [-0.1, -0.05) is 0 Å². The summed E-state index contributed by atoms with van der Waals surface area (Å²) in [5.74, 6) is 0.129. The van der Waals surface area contributed by atoms with Crippen LogP contribution in [0.3, 0.4) is 0 Å². The average Bonchev–Trinajstić information content (AvgIpc) is 2.80. The molecule has 2 atom stereocenters. The molecule has 1 unspecified atom stereocenters. The van der Waals surface area contributed by atoms with Gasteiger partial charge in [0.1, 0.15) is 0 Å². The molecule has 23 heavy (non-hydrogen) atoms. The Morgan fingerprint density at radius 1 is 1.26 bits per heavy atom. The number of rotatable bonds is 5. The third kappa shape index (κ3) is 4.03. The molecule has 5 heteroatoms. The van der Waals surface area contributed by atoms with Crippen LogP contribution >= 0.6 is 0 Å². The number of benzene rings is 1. The van der Waals surface area contributed by atoms with Crippen molar-refractivity contribution in [3.63, 3.8) is 0 Å². The van der Waals surface area contributed by atoms with Crippen molar-refractivity contribution in [3.8, 4) is 0 Å². The number of Topliss-reactive ketones (excluding diaryl/α,β-unsaturated/α-hetero) is 1. The molecule has 4 nitrogen and oxygen atoms in total. The van der Waals surface area contributed by atoms with Gasteiger partial charge >= 0.3 is 144 Å². The van der Waals surface area contributed by atoms with E-state index in [0.717, 1.165) is 4.46 Å². The molecule has 0 aromatic heterocycles. The Labute approximate surface area is 144 Å². The topological polar surface area (TPSA) is 46.6 Å². The van der Waals surface area contributed by atoms with Gasteiger partial charge in [-0.15, -0.1) is 0 Å². The number of nitrogens with zero attached hydrogens (tertiary/aromatic N) is 1. The second-order valence-corrected chi connectivity index (χ2v) is 9.17. The summed E-state index contributed by atoms with van der Waals surface area (Å²) in [6, 6.07) is 9.81. The molecule has 126 valence electrons. The van der Waals surface area contributed by atoms with E-state index in [9.17, 15) is 9.59 Å². The van der Waals surface area contributed by atoms with Crippen LogP contribution in [0.4, 0.5) is 0 Å². The average molecular weight is 382 g/mol. The summed E-state index contributed by atoms with van der Waals surface area (Å²) in [6.45, 7) is 10.0. The van der Waals surface area contributed by atoms with Gasteiger partial charge in [0.2, 0.25) is 0 Å². The summed E-state index contributed by atoms with van der Waals surface area (Å²) >= 11 is -0.218. The van der Waals surface area contributed by atoms with E-state index in [2.05, 4.69) is 13.8 Å². The fraction of sp³-hybridized carbons (Fsp3) is 0.556. The van der Waals surface area contributed by atoms with Gasteiger partial charge in [0.05, 0.1) is 0 Å². The quantitative estimate of drug-likeness (QED) is 0.578. The molecule has 0 spiro atoms. The van der Waals surface area contributed by atoms with Crippen molar-refractivity contribution in [1.82, 2.24) is 4.90 Å². The Morgan fingerprint density at radius 3 is 2.39 bits per heavy atom. The molecule has 0 saturated carbocycles. The first kappa shape index (κ1) is 18.2. The van der Waals surface area contributed by atoms with Crippen LogP contribution < -0.4 is 4.46 Å². The summed E-state index contributed by atoms with van der Waals surface area (Å²) in [5.41, 5.74) is -0.660. The van der Waals surface area contributed by atoms with Crippen LogP contribution in [0.15, 0.2) is 30.3 Å². The van der Waals surface area contributed by atoms with E-state index in [1.54, 1.807) is 4.90 Å². The van der Waals surface area contributed by atoms with Crippen molar-refractivity contribution in [1.29, 1.82) is 0 Å². The van der Waals surface area contributed by atoms with Crippen LogP contribution in [0.2, 0.25) is 4.82 Å². The van der Waals surface area contributed by atoms with E-state index in [-0.39, 0.29) is 38.6 Å². The Balaban J connectivity index is 2.27. The van der Waals surface area contributed by atoms with E-state index in [0.29, 0.717) is 6.61 Å². The van der Waals surface area contributed by atoms with Crippen molar-refractivity contribution in [2.45, 2.75) is 51.2 Å². The predicted molar refractivity (Wildman–Crippen MR) is 91.8 cm³/mol. The molecule has 1 heterocycles. The van der Waals surface area contributed by atoms with Crippen LogP contribution in [-0.2, 0) is 14.3 Å². The molecule has 1 amide bonds. The van der Waals surface area contributed by atoms with E-state index in [1.165, 1.54) is 6.92 Å². The summed E-state index contributed by atoms with van der Waals surface area (Å²) in [6.07, 6.45) is 0. The summed E-state index contributed by atoms with van der Waals surface area (Å²) < 4.78 is 6.89. The Bertz CT molecular complexity index is 571. The van der Waals surface area contributed by atoms with Crippen molar-refractivity contribution in [3.05, 3.63) is 30.3 Å². The third-order valence-corrected chi connectivity index (χ3v) is 6.87. The number of ketones is 1. The number of carbonyl (C=O) groups excluding carboxylic acids is 2. The molecule has 1 aromatic carbocycles. The van der Waals surface area contributed by atoms with E-state index in [4.69, 9.17) is 4.74 Å². The van der Waals surface area contributed by atoms with Gasteiger partial charge in [-0.3, -0.25) is 0 Å². The van der Waals surface area contributed by atoms with E-state index in [1.807, 2.05) is 44.2 Å². The number of hydrogen-bond acceptors (Lipinski definition) is 3. The van der Waals surface area contributed by atoms with Crippen LogP contribution in [0.5, 0.6) is 0 Å². The van der Waals surface area contributed by atoms with Crippen molar-refractivity contribution in [2.75, 3.05) is 6.61 Å². The Morgan fingerprint density at radius 2 is 1.87 bits per heavy atom. The number of hydrogen-bond donors (Lipinski definition) is 0. The molecule has 1 saturated heterocycles. The maximum atomic E-state index is 13.2. The fourth-order valence-electron chi connectivity index (χ4n) is 2.82. The number of ether oxygens (including phenoxy) is 1. The van der Waals surface area contributed by atoms with E-state index < -0.39 is 10.5 Å². The molecule has 1 aromatic rings. The molecule has 1 aliphatic heterocycles. The minimum absolute atomic E-state index is 0.0194. The second-order valence-electron chi connectivity index (χ2n) is 6.70. The Hall–Kier alpha value is -1.16. The van der Waals surface area contributed by atoms with Gasteiger partial charge in [0.15, 0.2) is 0 Å². The van der Waals surface area contributed by atoms with Crippen LogP contribution in [0, 0.1) is 5.92 Å². The monoisotopic (exact) mass is 383 g/mol. The number of carbonyl (C=O) groups is 2. The SMILES string of the molecule is CC(=O)C([Se]c1ccccc1)C(=O)N1[C@@H](C(C)C)COC1(C)C. The first-order valence-corrected chi connectivity index (χ1v) is 9.78. The van der Waals surface area contributed by atoms with Crippen LogP contribution in [-0.4, -0.2) is 49.9 Å². The fourth-order valence-corrected chi connectivity index (χ4v) is 4.85. The molecule has 0 aliphatic carbocycles. The third-order valence-electron chi connectivity index (χ3n) is 4.12. The summed E-state index contributed by atoms with van der Waals surface area (Å²) in [7, 11) is 0. The minimum atomic E-state index is -0.660. The first-order chi connectivity index (χ1) is 10.7. The second kappa shape index (κ2) is 7.16. The molecule has 1 aliphatic rings. The van der Waals surface area contributed by atoms with Gasteiger partial charge < -0.3 is 0 Å². The molecule has 0 bridgehead atoms. The Kier molecular flexibility index (Phi) is 5.66. The van der Waals surface area contributed by atoms with Crippen molar-refractivity contribution >= 4 is 31.1 Å². The molecular formula is C18H25NO3Se. The number of amides is 1. The van der Waals surface area contributed by atoms with Gasteiger partial charge in [-0.05, 0) is 0 Å². The summed E-state index contributed by atoms with van der Waals surface area (Å²) in [5, 5.41) is 0. The van der Waals surface area contributed by atoms with Crippen LogP contribution in [0.25, 0.3) is 0 Å². The first-order valence-electron chi connectivity index (χ1n) is 7.93. The summed E-state index contributed by atoms with van der Waals surface area (Å²) in [4.78, 5) is 26.5. The maximum absolute atomic E-state index is 13.2. The van der Waals surface area contributed by atoms with Crippen molar-refractivity contribution in [2.24, 2.45) is 5.92 Å². The van der Waals surface area contributed by atoms with Gasteiger partial charge in [-0.2, -0.15) is 0 Å².